The number of hydrogen-bond acceptors (Lipinski definition) is 5. The number of benzene rings is 1. The summed E-state index contributed by atoms with van der Waals surface area (Å²) < 4.78 is 4.80. The van der Waals surface area contributed by atoms with E-state index < -0.39 is 5.97 Å². The first kappa shape index (κ1) is 17.1. The highest BCUT2D eigenvalue weighted by molar-refractivity contribution is 7.98. The van der Waals surface area contributed by atoms with Crippen LogP contribution < -0.4 is 4.90 Å². The number of amides is 1. The van der Waals surface area contributed by atoms with Gasteiger partial charge in [-0.15, -0.1) is 11.8 Å². The Hall–Kier alpha value is -2.00. The van der Waals surface area contributed by atoms with Gasteiger partial charge in [0.2, 0.25) is 5.91 Å². The Kier molecular flexibility index (Phi) is 7.33. The van der Waals surface area contributed by atoms with E-state index in [0.29, 0.717) is 12.3 Å². The number of rotatable bonds is 7. The van der Waals surface area contributed by atoms with Gasteiger partial charge in [0.1, 0.15) is 6.54 Å². The van der Waals surface area contributed by atoms with E-state index in [1.54, 1.807) is 13.0 Å². The van der Waals surface area contributed by atoms with Crippen molar-refractivity contribution in [2.24, 2.45) is 0 Å². The third kappa shape index (κ3) is 5.12. The van der Waals surface area contributed by atoms with E-state index in [2.05, 4.69) is 0 Å². The Morgan fingerprint density at radius 3 is 2.67 bits per heavy atom. The summed E-state index contributed by atoms with van der Waals surface area (Å²) >= 11 is 1.50. The smallest absolute Gasteiger partial charge is 0.306 e. The molecule has 0 fully saturated rings. The fourth-order valence-electron chi connectivity index (χ4n) is 1.81. The van der Waals surface area contributed by atoms with Gasteiger partial charge in [0.25, 0.3) is 0 Å². The highest BCUT2D eigenvalue weighted by atomic mass is 32.2. The third-order valence-corrected chi connectivity index (χ3v) is 3.54. The van der Waals surface area contributed by atoms with E-state index in [-0.39, 0.29) is 25.3 Å². The number of carbonyl (C=O) groups is 2. The SMILES string of the molecule is CCOC(=O)CCC(=O)N(CC#N)c1ccccc1SC. The third-order valence-electron chi connectivity index (χ3n) is 2.75. The standard InChI is InChI=1S/C15H18N2O3S/c1-3-20-15(19)9-8-14(18)17(11-10-16)12-6-4-5-7-13(12)21-2/h4-7H,3,8-9,11H2,1-2H3. The van der Waals surface area contributed by atoms with Gasteiger partial charge in [-0.2, -0.15) is 5.26 Å². The van der Waals surface area contributed by atoms with Crippen molar-refractivity contribution in [2.75, 3.05) is 24.3 Å². The molecule has 1 amide bonds. The summed E-state index contributed by atoms with van der Waals surface area (Å²) in [4.78, 5) is 25.9. The fraction of sp³-hybridized carbons (Fsp3) is 0.400. The molecule has 0 N–H and O–H groups in total. The van der Waals surface area contributed by atoms with Crippen LogP contribution in [-0.4, -0.2) is 31.3 Å². The minimum Gasteiger partial charge on any atom is -0.466 e. The van der Waals surface area contributed by atoms with Crippen molar-refractivity contribution >= 4 is 29.3 Å². The molecule has 0 aromatic heterocycles. The molecular formula is C15H18N2O3S. The predicted octanol–water partition coefficient (Wildman–Crippen LogP) is 2.61. The van der Waals surface area contributed by atoms with Gasteiger partial charge in [0.05, 0.1) is 24.8 Å². The lowest BCUT2D eigenvalue weighted by molar-refractivity contribution is -0.144. The Balaban J connectivity index is 2.84. The Labute approximate surface area is 128 Å². The number of hydrogen-bond donors (Lipinski definition) is 0. The second-order valence-electron chi connectivity index (χ2n) is 4.11. The highest BCUT2D eigenvalue weighted by Crippen LogP contribution is 2.28. The average Bonchev–Trinajstić information content (AvgIpc) is 2.50. The highest BCUT2D eigenvalue weighted by Gasteiger charge is 2.19. The van der Waals surface area contributed by atoms with Crippen LogP contribution in [-0.2, 0) is 14.3 Å². The monoisotopic (exact) mass is 306 g/mol. The summed E-state index contributed by atoms with van der Waals surface area (Å²) in [6.07, 6.45) is 1.96. The molecule has 0 atom stereocenters. The Morgan fingerprint density at radius 2 is 2.05 bits per heavy atom. The molecule has 0 spiro atoms. The molecule has 0 unspecified atom stereocenters. The average molecular weight is 306 g/mol. The first-order chi connectivity index (χ1) is 10.1. The van der Waals surface area contributed by atoms with E-state index in [0.717, 1.165) is 4.90 Å². The molecule has 1 aromatic rings. The van der Waals surface area contributed by atoms with Crippen LogP contribution in [0.1, 0.15) is 19.8 Å². The molecule has 0 heterocycles. The number of ether oxygens (including phenoxy) is 1. The van der Waals surface area contributed by atoms with E-state index in [4.69, 9.17) is 10.00 Å². The zero-order chi connectivity index (χ0) is 15.7. The number of carbonyl (C=O) groups excluding carboxylic acids is 2. The lowest BCUT2D eigenvalue weighted by Gasteiger charge is -2.22. The van der Waals surface area contributed by atoms with Crippen molar-refractivity contribution < 1.29 is 14.3 Å². The Morgan fingerprint density at radius 1 is 1.33 bits per heavy atom. The van der Waals surface area contributed by atoms with Crippen molar-refractivity contribution in [3.05, 3.63) is 24.3 Å². The molecule has 0 saturated heterocycles. The van der Waals surface area contributed by atoms with E-state index >= 15 is 0 Å². The van der Waals surface area contributed by atoms with Crippen molar-refractivity contribution in [2.45, 2.75) is 24.7 Å². The van der Waals surface area contributed by atoms with Crippen molar-refractivity contribution in [1.29, 1.82) is 5.26 Å². The van der Waals surface area contributed by atoms with E-state index in [1.807, 2.05) is 30.5 Å². The molecule has 0 aliphatic heterocycles. The first-order valence-corrected chi connectivity index (χ1v) is 7.82. The van der Waals surface area contributed by atoms with Crippen LogP contribution in [0.4, 0.5) is 5.69 Å². The summed E-state index contributed by atoms with van der Waals surface area (Å²) in [6, 6.07) is 9.38. The molecule has 0 saturated carbocycles. The molecule has 0 bridgehead atoms. The van der Waals surface area contributed by atoms with E-state index in [1.165, 1.54) is 16.7 Å². The summed E-state index contributed by atoms with van der Waals surface area (Å²) in [6.45, 7) is 1.97. The van der Waals surface area contributed by atoms with Gasteiger partial charge in [0.15, 0.2) is 0 Å². The van der Waals surface area contributed by atoms with Crippen molar-refractivity contribution in [3.8, 4) is 6.07 Å². The zero-order valence-corrected chi connectivity index (χ0v) is 13.0. The van der Waals surface area contributed by atoms with Crippen LogP contribution in [0.15, 0.2) is 29.2 Å². The van der Waals surface area contributed by atoms with E-state index in [9.17, 15) is 9.59 Å². The molecule has 21 heavy (non-hydrogen) atoms. The lowest BCUT2D eigenvalue weighted by Crippen LogP contribution is -2.32. The molecule has 112 valence electrons. The van der Waals surface area contributed by atoms with Gasteiger partial charge >= 0.3 is 5.97 Å². The van der Waals surface area contributed by atoms with Crippen LogP contribution >= 0.6 is 11.8 Å². The number of anilines is 1. The van der Waals surface area contributed by atoms with Crippen molar-refractivity contribution in [1.82, 2.24) is 0 Å². The van der Waals surface area contributed by atoms with Gasteiger partial charge in [-0.25, -0.2) is 0 Å². The van der Waals surface area contributed by atoms with Gasteiger partial charge in [0, 0.05) is 11.3 Å². The van der Waals surface area contributed by atoms with Crippen LogP contribution in [0.3, 0.4) is 0 Å². The normalized spacial score (nSPS) is 9.76. The maximum atomic E-state index is 12.3. The first-order valence-electron chi connectivity index (χ1n) is 6.60. The molecule has 5 nitrogen and oxygen atoms in total. The van der Waals surface area contributed by atoms with Crippen LogP contribution in [0.5, 0.6) is 0 Å². The van der Waals surface area contributed by atoms with Crippen molar-refractivity contribution in [3.63, 3.8) is 0 Å². The maximum Gasteiger partial charge on any atom is 0.306 e. The second kappa shape index (κ2) is 9.03. The number of para-hydroxylation sites is 1. The maximum absolute atomic E-state index is 12.3. The summed E-state index contributed by atoms with van der Waals surface area (Å²) in [7, 11) is 0. The predicted molar refractivity (Wildman–Crippen MR) is 82.1 cm³/mol. The van der Waals surface area contributed by atoms with Gasteiger partial charge in [-0.3, -0.25) is 14.5 Å². The molecule has 0 aliphatic carbocycles. The zero-order valence-electron chi connectivity index (χ0n) is 12.2. The largest absolute Gasteiger partial charge is 0.466 e. The quantitative estimate of drug-likeness (QED) is 0.440. The van der Waals surface area contributed by atoms with Crippen LogP contribution in [0.25, 0.3) is 0 Å². The summed E-state index contributed by atoms with van der Waals surface area (Å²) in [5, 5.41) is 8.93. The lowest BCUT2D eigenvalue weighted by atomic mass is 10.2. The number of nitriles is 1. The number of esters is 1. The molecule has 1 aromatic carbocycles. The number of nitrogens with zero attached hydrogens (tertiary/aromatic N) is 2. The van der Waals surface area contributed by atoms with Gasteiger partial charge in [-0.05, 0) is 25.3 Å². The molecule has 1 rings (SSSR count). The Bertz CT molecular complexity index is 540. The molecule has 0 aliphatic rings. The fourth-order valence-corrected chi connectivity index (χ4v) is 2.41. The van der Waals surface area contributed by atoms with Gasteiger partial charge < -0.3 is 4.74 Å². The van der Waals surface area contributed by atoms with Crippen LogP contribution in [0.2, 0.25) is 0 Å². The minimum absolute atomic E-state index is 0.0238. The van der Waals surface area contributed by atoms with Gasteiger partial charge in [-0.1, -0.05) is 12.1 Å². The topological polar surface area (TPSA) is 70.4 Å². The van der Waals surface area contributed by atoms with Crippen LogP contribution in [0, 0.1) is 11.3 Å². The molecule has 6 heteroatoms. The summed E-state index contributed by atoms with van der Waals surface area (Å²) in [5.41, 5.74) is 0.695. The minimum atomic E-state index is -0.402. The molecule has 0 radical (unpaired) electrons. The summed E-state index contributed by atoms with van der Waals surface area (Å²) in [5.74, 6) is -0.660. The molecular weight excluding hydrogens is 288 g/mol. The second-order valence-corrected chi connectivity index (χ2v) is 4.96. The number of thioether (sulfide) groups is 1.